The lowest BCUT2D eigenvalue weighted by atomic mass is 10.0. The summed E-state index contributed by atoms with van der Waals surface area (Å²) in [5.74, 6) is -1.00. The van der Waals surface area contributed by atoms with Gasteiger partial charge in [0.25, 0.3) is 5.91 Å². The fraction of sp³-hybridized carbons (Fsp3) is 0.333. The van der Waals surface area contributed by atoms with E-state index in [4.69, 9.17) is 4.74 Å². The molecule has 2 amide bonds. The van der Waals surface area contributed by atoms with Crippen LogP contribution in [0.4, 0.5) is 0 Å². The fourth-order valence-electron chi connectivity index (χ4n) is 3.94. The van der Waals surface area contributed by atoms with Crippen LogP contribution in [0.15, 0.2) is 48.8 Å². The third kappa shape index (κ3) is 3.97. The van der Waals surface area contributed by atoms with Crippen molar-refractivity contribution >= 4 is 17.6 Å². The molecule has 0 unspecified atom stereocenters. The number of likely N-dealkylation sites (tertiary alicyclic amines) is 1. The molecule has 4 rings (SSSR count). The number of aromatic nitrogens is 1. The summed E-state index contributed by atoms with van der Waals surface area (Å²) < 4.78 is 5.95. The molecule has 0 bridgehead atoms. The van der Waals surface area contributed by atoms with Gasteiger partial charge in [-0.2, -0.15) is 4.73 Å². The molecule has 2 aromatic rings. The van der Waals surface area contributed by atoms with Crippen LogP contribution in [0.2, 0.25) is 0 Å². The zero-order valence-electron chi connectivity index (χ0n) is 16.1. The number of carbonyl (C=O) groups is 3. The average molecular weight is 411 g/mol. The molecule has 2 saturated heterocycles. The van der Waals surface area contributed by atoms with Gasteiger partial charge in [0.05, 0.1) is 6.10 Å². The first-order valence-electron chi connectivity index (χ1n) is 9.65. The van der Waals surface area contributed by atoms with E-state index in [1.54, 1.807) is 12.1 Å². The molecule has 9 nitrogen and oxygen atoms in total. The minimum absolute atomic E-state index is 0.0123. The molecule has 1 aromatic carbocycles. The van der Waals surface area contributed by atoms with Gasteiger partial charge in [-0.05, 0) is 30.2 Å². The van der Waals surface area contributed by atoms with Crippen LogP contribution in [0.25, 0.3) is 0 Å². The van der Waals surface area contributed by atoms with Crippen molar-refractivity contribution in [3.05, 3.63) is 65.1 Å². The highest BCUT2D eigenvalue weighted by molar-refractivity contribution is 5.99. The van der Waals surface area contributed by atoms with E-state index in [1.165, 1.54) is 35.4 Å². The van der Waals surface area contributed by atoms with E-state index in [-0.39, 0.29) is 42.1 Å². The molecule has 2 aliphatic heterocycles. The number of ketones is 1. The summed E-state index contributed by atoms with van der Waals surface area (Å²) in [5.41, 5.74) is 0.846. The zero-order chi connectivity index (χ0) is 21.3. The number of phenolic OH excluding ortho intramolecular Hbond substituents is 1. The molecule has 2 aliphatic rings. The Labute approximate surface area is 172 Å². The largest absolute Gasteiger partial charge is 0.619 e. The van der Waals surface area contributed by atoms with Crippen molar-refractivity contribution in [3.8, 4) is 5.75 Å². The lowest BCUT2D eigenvalue weighted by molar-refractivity contribution is -0.605. The summed E-state index contributed by atoms with van der Waals surface area (Å²) in [7, 11) is 0. The lowest BCUT2D eigenvalue weighted by Crippen LogP contribution is -2.53. The number of pyridine rings is 1. The van der Waals surface area contributed by atoms with Gasteiger partial charge in [-0.3, -0.25) is 14.4 Å². The van der Waals surface area contributed by atoms with Gasteiger partial charge in [-0.25, -0.2) is 0 Å². The quantitative estimate of drug-likeness (QED) is 0.525. The van der Waals surface area contributed by atoms with Gasteiger partial charge < -0.3 is 25.3 Å². The molecular formula is C21H21N3O6. The predicted octanol–water partition coefficient (Wildman–Crippen LogP) is -0.0645. The van der Waals surface area contributed by atoms with Crippen molar-refractivity contribution in [1.82, 2.24) is 10.2 Å². The number of benzene rings is 1. The Bertz CT molecular complexity index is 977. The second kappa shape index (κ2) is 8.11. The monoisotopic (exact) mass is 411 g/mol. The first-order chi connectivity index (χ1) is 14.4. The van der Waals surface area contributed by atoms with Gasteiger partial charge in [0.1, 0.15) is 30.0 Å². The van der Waals surface area contributed by atoms with Crippen LogP contribution < -0.4 is 10.0 Å². The maximum atomic E-state index is 13.3. The Morgan fingerprint density at radius 2 is 2.07 bits per heavy atom. The number of ether oxygens (including phenoxy) is 1. The second-order valence-electron chi connectivity index (χ2n) is 7.43. The van der Waals surface area contributed by atoms with Crippen molar-refractivity contribution in [2.45, 2.75) is 31.0 Å². The van der Waals surface area contributed by atoms with E-state index in [1.807, 2.05) is 0 Å². The van der Waals surface area contributed by atoms with E-state index in [0.29, 0.717) is 17.7 Å². The molecule has 2 N–H and O–H groups in total. The van der Waals surface area contributed by atoms with Crippen LogP contribution in [0.5, 0.6) is 5.75 Å². The number of amides is 2. The van der Waals surface area contributed by atoms with Crippen molar-refractivity contribution in [2.75, 3.05) is 13.2 Å². The van der Waals surface area contributed by atoms with Gasteiger partial charge in [-0.1, -0.05) is 12.1 Å². The number of hydrogen-bond donors (Lipinski definition) is 2. The molecule has 9 heteroatoms. The van der Waals surface area contributed by atoms with Crippen molar-refractivity contribution in [1.29, 1.82) is 0 Å². The van der Waals surface area contributed by atoms with Crippen LogP contribution >= 0.6 is 0 Å². The molecule has 0 saturated carbocycles. The topological polar surface area (TPSA) is 123 Å². The van der Waals surface area contributed by atoms with Crippen molar-refractivity contribution in [2.24, 2.45) is 0 Å². The first kappa shape index (κ1) is 19.8. The van der Waals surface area contributed by atoms with E-state index in [9.17, 15) is 24.7 Å². The van der Waals surface area contributed by atoms with Gasteiger partial charge in [0, 0.05) is 19.0 Å². The Hall–Kier alpha value is -3.46. The fourth-order valence-corrected chi connectivity index (χ4v) is 3.94. The summed E-state index contributed by atoms with van der Waals surface area (Å²) in [6.07, 6.45) is 2.80. The van der Waals surface area contributed by atoms with Crippen LogP contribution in [-0.4, -0.2) is 58.9 Å². The Kier molecular flexibility index (Phi) is 5.37. The maximum absolute atomic E-state index is 13.3. The highest BCUT2D eigenvalue weighted by Crippen LogP contribution is 2.28. The lowest BCUT2D eigenvalue weighted by Gasteiger charge is -2.27. The molecule has 156 valence electrons. The van der Waals surface area contributed by atoms with E-state index in [0.717, 1.165) is 11.8 Å². The molecule has 2 fully saturated rings. The number of nitrogens with zero attached hydrogens (tertiary/aromatic N) is 2. The van der Waals surface area contributed by atoms with Gasteiger partial charge in [0.15, 0.2) is 18.2 Å². The highest BCUT2D eigenvalue weighted by Gasteiger charge is 2.48. The number of carbonyl (C=O) groups excluding carboxylic acids is 3. The van der Waals surface area contributed by atoms with Gasteiger partial charge in [0.2, 0.25) is 5.91 Å². The minimum Gasteiger partial charge on any atom is -0.619 e. The molecule has 30 heavy (non-hydrogen) atoms. The SMILES string of the molecule is O=C(N[C@@H](Cc1ccc(O)cc1)C(=O)N1CC[C@H]2OCC(=O)[C@H]21)c1ccc[n+]([O-])c1. The zero-order valence-corrected chi connectivity index (χ0v) is 16.1. The Morgan fingerprint density at radius 3 is 2.80 bits per heavy atom. The Balaban J connectivity index is 1.57. The van der Waals surface area contributed by atoms with Gasteiger partial charge in [-0.15, -0.1) is 0 Å². The molecule has 0 spiro atoms. The third-order valence-electron chi connectivity index (χ3n) is 5.41. The summed E-state index contributed by atoms with van der Waals surface area (Å²) in [6.45, 7) is 0.357. The molecular weight excluding hydrogens is 390 g/mol. The van der Waals surface area contributed by atoms with Crippen LogP contribution in [0.3, 0.4) is 0 Å². The second-order valence-corrected chi connectivity index (χ2v) is 7.43. The van der Waals surface area contributed by atoms with E-state index >= 15 is 0 Å². The Morgan fingerprint density at radius 1 is 1.30 bits per heavy atom. The number of Topliss-reactive ketones (excluding diaryl/α,β-unsaturated/α-hetero) is 1. The highest BCUT2D eigenvalue weighted by atomic mass is 16.5. The average Bonchev–Trinajstić information content (AvgIpc) is 3.31. The molecule has 3 heterocycles. The number of phenols is 1. The maximum Gasteiger partial charge on any atom is 0.258 e. The minimum atomic E-state index is -0.950. The first-order valence-corrected chi connectivity index (χ1v) is 9.65. The smallest absolute Gasteiger partial charge is 0.258 e. The molecule has 3 atom stereocenters. The standard InChI is InChI=1S/C21H21N3O6/c25-15-5-3-13(4-6-15)10-16(22-20(27)14-2-1-8-23(29)11-14)21(28)24-9-7-18-19(24)17(26)12-30-18/h1-6,8,11,16,18-19,25H,7,9-10,12H2,(H,22,27)/t16-,18+,19+/m0/s1. The van der Waals surface area contributed by atoms with Crippen LogP contribution in [-0.2, 0) is 20.7 Å². The summed E-state index contributed by atoms with van der Waals surface area (Å²) >= 11 is 0. The number of aromatic hydroxyl groups is 1. The number of hydrogen-bond acceptors (Lipinski definition) is 6. The molecule has 0 aliphatic carbocycles. The number of rotatable bonds is 5. The summed E-state index contributed by atoms with van der Waals surface area (Å²) in [4.78, 5) is 39.7. The van der Waals surface area contributed by atoms with Crippen molar-refractivity contribution in [3.63, 3.8) is 0 Å². The number of fused-ring (bicyclic) bond motifs is 1. The number of nitrogens with one attached hydrogen (secondary N) is 1. The summed E-state index contributed by atoms with van der Waals surface area (Å²) in [5, 5.41) is 23.7. The summed E-state index contributed by atoms with van der Waals surface area (Å²) in [6, 6.07) is 7.66. The van der Waals surface area contributed by atoms with E-state index in [2.05, 4.69) is 5.32 Å². The molecule has 1 aromatic heterocycles. The normalized spacial score (nSPS) is 21.3. The third-order valence-corrected chi connectivity index (χ3v) is 5.41. The van der Waals surface area contributed by atoms with Gasteiger partial charge >= 0.3 is 0 Å². The van der Waals surface area contributed by atoms with Crippen LogP contribution in [0.1, 0.15) is 22.3 Å². The van der Waals surface area contributed by atoms with E-state index < -0.39 is 18.0 Å². The predicted molar refractivity (Wildman–Crippen MR) is 103 cm³/mol. The molecule has 0 radical (unpaired) electrons. The van der Waals surface area contributed by atoms with Crippen molar-refractivity contribution < 1.29 is 29.0 Å². The van der Waals surface area contributed by atoms with Crippen LogP contribution in [0, 0.1) is 5.21 Å².